The van der Waals surface area contributed by atoms with E-state index in [2.05, 4.69) is 42.0 Å². The van der Waals surface area contributed by atoms with E-state index >= 15 is 0 Å². The van der Waals surface area contributed by atoms with Gasteiger partial charge in [0.2, 0.25) is 5.91 Å². The number of carbonyl (C=O) groups excluding carboxylic acids is 1. The van der Waals surface area contributed by atoms with Gasteiger partial charge in [0.05, 0.1) is 12.2 Å². The second kappa shape index (κ2) is 5.76. The van der Waals surface area contributed by atoms with Crippen molar-refractivity contribution < 1.29 is 4.79 Å². The number of aromatic nitrogens is 2. The Morgan fingerprint density at radius 1 is 1.21 bits per heavy atom. The zero-order valence-corrected chi connectivity index (χ0v) is 14.7. The minimum Gasteiger partial charge on any atom is -0.335 e. The summed E-state index contributed by atoms with van der Waals surface area (Å²) in [6, 6.07) is 6.85. The molecule has 4 heteroatoms. The zero-order chi connectivity index (χ0) is 16.8. The maximum atomic E-state index is 13.0. The van der Waals surface area contributed by atoms with Gasteiger partial charge in [-0.15, -0.1) is 0 Å². The van der Waals surface area contributed by atoms with Crippen molar-refractivity contribution in [3.05, 3.63) is 52.8 Å². The molecule has 4 nitrogen and oxygen atoms in total. The Labute approximate surface area is 143 Å². The van der Waals surface area contributed by atoms with Gasteiger partial charge < -0.3 is 4.90 Å². The van der Waals surface area contributed by atoms with E-state index in [-0.39, 0.29) is 12.0 Å². The number of nitrogens with zero attached hydrogens (tertiary/aromatic N) is 3. The van der Waals surface area contributed by atoms with Crippen LogP contribution in [0.3, 0.4) is 0 Å². The largest absolute Gasteiger partial charge is 0.335 e. The van der Waals surface area contributed by atoms with Crippen LogP contribution < -0.4 is 0 Å². The number of hydrogen-bond donors (Lipinski definition) is 0. The van der Waals surface area contributed by atoms with Crippen LogP contribution in [0.2, 0.25) is 0 Å². The molecule has 2 heterocycles. The van der Waals surface area contributed by atoms with E-state index in [0.29, 0.717) is 11.8 Å². The predicted molar refractivity (Wildman–Crippen MR) is 93.7 cm³/mol. The first kappa shape index (κ1) is 15.4. The Morgan fingerprint density at radius 2 is 2.04 bits per heavy atom. The fraction of sp³-hybridized carbons (Fsp3) is 0.500. The number of hydrogen-bond acceptors (Lipinski definition) is 2. The Morgan fingerprint density at radius 3 is 2.75 bits per heavy atom. The number of aryl methyl sites for hydroxylation is 3. The molecule has 3 atom stereocenters. The maximum absolute atomic E-state index is 13.0. The normalized spacial score (nSPS) is 26.0. The third-order valence-electron chi connectivity index (χ3n) is 5.71. The molecule has 126 valence electrons. The first-order valence-corrected chi connectivity index (χ1v) is 8.91. The first-order chi connectivity index (χ1) is 11.5. The fourth-order valence-electron chi connectivity index (χ4n) is 4.03. The minimum atomic E-state index is 0.171. The molecular formula is C20H25N3O. The van der Waals surface area contributed by atoms with Crippen LogP contribution in [0.15, 0.2) is 30.6 Å². The lowest BCUT2D eigenvalue weighted by atomic mass is 10.0. The van der Waals surface area contributed by atoms with Crippen LogP contribution >= 0.6 is 0 Å². The van der Waals surface area contributed by atoms with Gasteiger partial charge in [0.25, 0.3) is 0 Å². The van der Waals surface area contributed by atoms with E-state index < -0.39 is 0 Å². The highest BCUT2D eigenvalue weighted by Gasteiger charge is 2.47. The smallest absolute Gasteiger partial charge is 0.226 e. The molecule has 1 saturated carbocycles. The number of amides is 1. The molecule has 1 saturated heterocycles. The second-order valence-electron chi connectivity index (χ2n) is 7.43. The van der Waals surface area contributed by atoms with Gasteiger partial charge in [-0.3, -0.25) is 9.48 Å². The zero-order valence-electron chi connectivity index (χ0n) is 14.7. The van der Waals surface area contributed by atoms with E-state index in [9.17, 15) is 4.79 Å². The molecule has 2 aliphatic rings. The Balaban J connectivity index is 1.49. The van der Waals surface area contributed by atoms with Crippen LogP contribution in [0.1, 0.15) is 53.5 Å². The third-order valence-corrected chi connectivity index (χ3v) is 5.71. The van der Waals surface area contributed by atoms with Gasteiger partial charge in [-0.25, -0.2) is 0 Å². The van der Waals surface area contributed by atoms with Gasteiger partial charge in [-0.1, -0.05) is 18.2 Å². The summed E-state index contributed by atoms with van der Waals surface area (Å²) < 4.78 is 1.82. The van der Waals surface area contributed by atoms with Gasteiger partial charge in [-0.05, 0) is 55.7 Å². The van der Waals surface area contributed by atoms with Gasteiger partial charge in [0.15, 0.2) is 0 Å². The first-order valence-electron chi connectivity index (χ1n) is 8.91. The highest BCUT2D eigenvalue weighted by Crippen LogP contribution is 2.50. The van der Waals surface area contributed by atoms with Gasteiger partial charge in [0, 0.05) is 31.3 Å². The summed E-state index contributed by atoms with van der Waals surface area (Å²) in [4.78, 5) is 15.1. The van der Waals surface area contributed by atoms with Crippen molar-refractivity contribution in [3.8, 4) is 0 Å². The molecule has 0 radical (unpaired) electrons. The molecule has 1 aromatic carbocycles. The van der Waals surface area contributed by atoms with Crippen molar-refractivity contribution in [1.29, 1.82) is 0 Å². The van der Waals surface area contributed by atoms with E-state index in [1.54, 1.807) is 0 Å². The average Bonchev–Trinajstić information content (AvgIpc) is 2.99. The van der Waals surface area contributed by atoms with Crippen LogP contribution in [0.5, 0.6) is 0 Å². The molecule has 3 unspecified atom stereocenters. The molecule has 1 aliphatic carbocycles. The molecule has 0 N–H and O–H groups in total. The van der Waals surface area contributed by atoms with Crippen molar-refractivity contribution in [2.45, 2.75) is 45.1 Å². The molecule has 0 spiro atoms. The summed E-state index contributed by atoms with van der Waals surface area (Å²) in [5.41, 5.74) is 5.14. The molecular weight excluding hydrogens is 298 g/mol. The van der Waals surface area contributed by atoms with Gasteiger partial charge in [-0.2, -0.15) is 5.10 Å². The standard InChI is InChI=1S/C20H25N3O/c1-13-6-7-15(9-14(13)2)17-10-18(17)20(24)23-8-4-5-19(23)16-11-21-22(3)12-16/h6-7,9,11-12,17-19H,4-5,8,10H2,1-3H3. The Bertz CT molecular complexity index is 779. The molecule has 1 amide bonds. The van der Waals surface area contributed by atoms with Gasteiger partial charge in [0.1, 0.15) is 0 Å². The lowest BCUT2D eigenvalue weighted by Gasteiger charge is -2.24. The number of carbonyl (C=O) groups is 1. The number of likely N-dealkylation sites (tertiary alicyclic amines) is 1. The summed E-state index contributed by atoms with van der Waals surface area (Å²) >= 11 is 0. The quantitative estimate of drug-likeness (QED) is 0.867. The van der Waals surface area contributed by atoms with Crippen LogP contribution in [-0.4, -0.2) is 27.1 Å². The van der Waals surface area contributed by atoms with E-state index in [1.165, 1.54) is 22.3 Å². The minimum absolute atomic E-state index is 0.171. The Kier molecular flexibility index (Phi) is 3.70. The van der Waals surface area contributed by atoms with Crippen LogP contribution in [0.25, 0.3) is 0 Å². The highest BCUT2D eigenvalue weighted by atomic mass is 16.2. The number of rotatable bonds is 3. The molecule has 1 aromatic heterocycles. The summed E-state index contributed by atoms with van der Waals surface area (Å²) in [7, 11) is 1.93. The summed E-state index contributed by atoms with van der Waals surface area (Å²) in [6.45, 7) is 5.17. The second-order valence-corrected chi connectivity index (χ2v) is 7.43. The van der Waals surface area contributed by atoms with Gasteiger partial charge >= 0.3 is 0 Å². The van der Waals surface area contributed by atoms with Crippen molar-refractivity contribution in [2.24, 2.45) is 13.0 Å². The predicted octanol–water partition coefficient (Wildman–Crippen LogP) is 3.50. The molecule has 0 bridgehead atoms. The monoisotopic (exact) mass is 323 g/mol. The Hall–Kier alpha value is -2.10. The third kappa shape index (κ3) is 2.64. The lowest BCUT2D eigenvalue weighted by Crippen LogP contribution is -2.32. The topological polar surface area (TPSA) is 38.1 Å². The SMILES string of the molecule is Cc1ccc(C2CC2C(=O)N2CCCC2c2cnn(C)c2)cc1C. The molecule has 2 aromatic rings. The lowest BCUT2D eigenvalue weighted by molar-refractivity contribution is -0.133. The van der Waals surface area contributed by atoms with Crippen LogP contribution in [0.4, 0.5) is 0 Å². The van der Waals surface area contributed by atoms with Crippen LogP contribution in [0, 0.1) is 19.8 Å². The summed E-state index contributed by atoms with van der Waals surface area (Å²) in [5.74, 6) is 0.918. The van der Waals surface area contributed by atoms with E-state index in [0.717, 1.165) is 25.8 Å². The molecule has 4 rings (SSSR count). The van der Waals surface area contributed by atoms with Crippen molar-refractivity contribution >= 4 is 5.91 Å². The molecule has 24 heavy (non-hydrogen) atoms. The van der Waals surface area contributed by atoms with Crippen molar-refractivity contribution in [3.63, 3.8) is 0 Å². The molecule has 2 fully saturated rings. The van der Waals surface area contributed by atoms with Crippen molar-refractivity contribution in [2.75, 3.05) is 6.54 Å². The molecule has 1 aliphatic heterocycles. The summed E-state index contributed by atoms with van der Waals surface area (Å²) in [6.07, 6.45) is 7.09. The van der Waals surface area contributed by atoms with Crippen LogP contribution in [-0.2, 0) is 11.8 Å². The number of benzene rings is 1. The highest BCUT2D eigenvalue weighted by molar-refractivity contribution is 5.83. The fourth-order valence-corrected chi connectivity index (χ4v) is 4.03. The van der Waals surface area contributed by atoms with E-state index in [1.807, 2.05) is 24.1 Å². The average molecular weight is 323 g/mol. The summed E-state index contributed by atoms with van der Waals surface area (Å²) in [5, 5.41) is 4.27. The van der Waals surface area contributed by atoms with E-state index in [4.69, 9.17) is 0 Å². The van der Waals surface area contributed by atoms with Crippen molar-refractivity contribution in [1.82, 2.24) is 14.7 Å². The maximum Gasteiger partial charge on any atom is 0.226 e.